The fraction of sp³-hybridized carbons (Fsp3) is 0.350. The van der Waals surface area contributed by atoms with Gasteiger partial charge in [0.25, 0.3) is 5.91 Å². The Kier molecular flexibility index (Phi) is 5.14. The van der Waals surface area contributed by atoms with Crippen LogP contribution >= 0.6 is 0 Å². The Labute approximate surface area is 172 Å². The summed E-state index contributed by atoms with van der Waals surface area (Å²) < 4.78 is 81.7. The highest BCUT2D eigenvalue weighted by Gasteiger charge is 2.38. The summed E-state index contributed by atoms with van der Waals surface area (Å²) in [6.07, 6.45) is -7.19. The quantitative estimate of drug-likeness (QED) is 0.522. The van der Waals surface area contributed by atoms with Gasteiger partial charge >= 0.3 is 12.4 Å². The second-order valence-corrected chi connectivity index (χ2v) is 7.22. The van der Waals surface area contributed by atoms with Crippen molar-refractivity contribution in [2.45, 2.75) is 31.6 Å². The molecule has 0 spiro atoms. The van der Waals surface area contributed by atoms with E-state index < -0.39 is 40.8 Å². The summed E-state index contributed by atoms with van der Waals surface area (Å²) in [4.78, 5) is 18.1. The van der Waals surface area contributed by atoms with E-state index in [4.69, 9.17) is 0 Å². The maximum Gasteiger partial charge on any atom is 0.433 e. The van der Waals surface area contributed by atoms with Crippen molar-refractivity contribution >= 4 is 11.6 Å². The van der Waals surface area contributed by atoms with Gasteiger partial charge in [0.05, 0.1) is 11.3 Å². The van der Waals surface area contributed by atoms with E-state index in [0.29, 0.717) is 23.7 Å². The number of benzene rings is 1. The minimum absolute atomic E-state index is 0.235. The smallest absolute Gasteiger partial charge is 0.337 e. The summed E-state index contributed by atoms with van der Waals surface area (Å²) in [5.74, 6) is -0.532. The molecule has 0 unspecified atom stereocenters. The van der Waals surface area contributed by atoms with E-state index in [1.54, 1.807) is 0 Å². The number of hydrogen-bond acceptors (Lipinski definition) is 3. The van der Waals surface area contributed by atoms with Gasteiger partial charge in [-0.05, 0) is 31.4 Å². The summed E-state index contributed by atoms with van der Waals surface area (Å²) in [7, 11) is 0. The molecule has 1 aromatic carbocycles. The lowest BCUT2D eigenvalue weighted by Crippen LogP contribution is -2.35. The standard InChI is InChI=1S/C20H16F6N4O/c21-19(22,23)13-7-3-2-6-12(13)14-10-16(20(24,25)26)30-17(27-14)11-15(28-30)18(31)29-8-4-1-5-9-29/h2-3,6-7,10-11H,1,4-5,8-9H2. The van der Waals surface area contributed by atoms with Gasteiger partial charge in [-0.3, -0.25) is 4.79 Å². The van der Waals surface area contributed by atoms with Crippen LogP contribution in [-0.2, 0) is 12.4 Å². The van der Waals surface area contributed by atoms with Crippen LogP contribution in [0.25, 0.3) is 16.9 Å². The first-order valence-corrected chi connectivity index (χ1v) is 9.49. The largest absolute Gasteiger partial charge is 0.433 e. The monoisotopic (exact) mass is 442 g/mol. The topological polar surface area (TPSA) is 50.5 Å². The van der Waals surface area contributed by atoms with Crippen LogP contribution in [0.15, 0.2) is 36.4 Å². The van der Waals surface area contributed by atoms with Crippen LogP contribution in [0.5, 0.6) is 0 Å². The first-order chi connectivity index (χ1) is 14.6. The Bertz CT molecular complexity index is 1130. The SMILES string of the molecule is O=C(c1cc2nc(-c3ccccc3C(F)(F)F)cc(C(F)(F)F)n2n1)N1CCCCC1. The summed E-state index contributed by atoms with van der Waals surface area (Å²) in [6, 6.07) is 5.84. The van der Waals surface area contributed by atoms with Crippen LogP contribution < -0.4 is 0 Å². The zero-order valence-electron chi connectivity index (χ0n) is 16.0. The molecule has 1 fully saturated rings. The molecular formula is C20H16F6N4O. The lowest BCUT2D eigenvalue weighted by atomic mass is 10.0. The Hall–Kier alpha value is -3.11. The van der Waals surface area contributed by atoms with Gasteiger partial charge < -0.3 is 4.90 Å². The van der Waals surface area contributed by atoms with Gasteiger partial charge in [0.1, 0.15) is 0 Å². The molecule has 1 amide bonds. The third-order valence-electron chi connectivity index (χ3n) is 5.09. The molecular weight excluding hydrogens is 426 g/mol. The van der Waals surface area contributed by atoms with Crippen LogP contribution in [0.2, 0.25) is 0 Å². The van der Waals surface area contributed by atoms with E-state index in [2.05, 4.69) is 10.1 Å². The number of fused-ring (bicyclic) bond motifs is 1. The second kappa shape index (κ2) is 7.54. The zero-order valence-corrected chi connectivity index (χ0v) is 16.0. The normalized spacial score (nSPS) is 15.5. The number of rotatable bonds is 2. The molecule has 2 aromatic heterocycles. The highest BCUT2D eigenvalue weighted by Crippen LogP contribution is 2.38. The van der Waals surface area contributed by atoms with Crippen molar-refractivity contribution in [3.63, 3.8) is 0 Å². The number of alkyl halides is 6. The van der Waals surface area contributed by atoms with Gasteiger partial charge in [-0.25, -0.2) is 9.50 Å². The number of nitrogens with zero attached hydrogens (tertiary/aromatic N) is 4. The third kappa shape index (κ3) is 4.08. The molecule has 0 bridgehead atoms. The molecule has 11 heteroatoms. The highest BCUT2D eigenvalue weighted by atomic mass is 19.4. The average Bonchev–Trinajstić information content (AvgIpc) is 3.16. The van der Waals surface area contributed by atoms with E-state index >= 15 is 0 Å². The van der Waals surface area contributed by atoms with Gasteiger partial charge in [0.15, 0.2) is 17.0 Å². The van der Waals surface area contributed by atoms with Crippen LogP contribution in [-0.4, -0.2) is 38.5 Å². The Morgan fingerprint density at radius 2 is 1.58 bits per heavy atom. The van der Waals surface area contributed by atoms with E-state index in [1.807, 2.05) is 0 Å². The molecule has 0 radical (unpaired) electrons. The van der Waals surface area contributed by atoms with E-state index in [-0.39, 0.29) is 11.3 Å². The van der Waals surface area contributed by atoms with Crippen LogP contribution in [0, 0.1) is 0 Å². The lowest BCUT2D eigenvalue weighted by Gasteiger charge is -2.25. The summed E-state index contributed by atoms with van der Waals surface area (Å²) in [5.41, 5.74) is -4.02. The van der Waals surface area contributed by atoms with Gasteiger partial charge in [0.2, 0.25) is 0 Å². The van der Waals surface area contributed by atoms with Crippen LogP contribution in [0.1, 0.15) is 41.0 Å². The molecule has 1 aliphatic rings. The first kappa shape index (κ1) is 21.1. The minimum Gasteiger partial charge on any atom is -0.337 e. The van der Waals surface area contributed by atoms with Gasteiger partial charge in [-0.1, -0.05) is 18.2 Å². The Morgan fingerprint density at radius 3 is 2.23 bits per heavy atom. The molecule has 164 valence electrons. The van der Waals surface area contributed by atoms with E-state index in [9.17, 15) is 31.1 Å². The zero-order chi connectivity index (χ0) is 22.4. The number of halogens is 6. The van der Waals surface area contributed by atoms with Crippen molar-refractivity contribution in [1.29, 1.82) is 0 Å². The predicted octanol–water partition coefficient (Wildman–Crippen LogP) is 5.06. The molecule has 3 heterocycles. The molecule has 1 aliphatic heterocycles. The maximum atomic E-state index is 13.7. The van der Waals surface area contributed by atoms with Crippen molar-refractivity contribution in [2.75, 3.05) is 13.1 Å². The van der Waals surface area contributed by atoms with Crippen molar-refractivity contribution in [1.82, 2.24) is 19.5 Å². The molecule has 4 rings (SSSR count). The molecule has 0 atom stereocenters. The number of carbonyl (C=O) groups is 1. The number of carbonyl (C=O) groups excluding carboxylic acids is 1. The summed E-state index contributed by atoms with van der Waals surface area (Å²) >= 11 is 0. The number of likely N-dealkylation sites (tertiary alicyclic amines) is 1. The molecule has 5 nitrogen and oxygen atoms in total. The molecule has 3 aromatic rings. The van der Waals surface area contributed by atoms with E-state index in [0.717, 1.165) is 43.5 Å². The van der Waals surface area contributed by atoms with Crippen molar-refractivity contribution in [3.05, 3.63) is 53.3 Å². The molecule has 31 heavy (non-hydrogen) atoms. The predicted molar refractivity (Wildman–Crippen MR) is 98.2 cm³/mol. The fourth-order valence-electron chi connectivity index (χ4n) is 3.63. The Morgan fingerprint density at radius 1 is 0.903 bits per heavy atom. The molecule has 0 N–H and O–H groups in total. The van der Waals surface area contributed by atoms with Crippen molar-refractivity contribution < 1.29 is 31.1 Å². The maximum absolute atomic E-state index is 13.7. The van der Waals surface area contributed by atoms with Gasteiger partial charge in [-0.2, -0.15) is 31.4 Å². The number of piperidine rings is 1. The first-order valence-electron chi connectivity index (χ1n) is 9.49. The van der Waals surface area contributed by atoms with E-state index in [1.165, 1.54) is 11.0 Å². The Balaban J connectivity index is 1.87. The van der Waals surface area contributed by atoms with Crippen molar-refractivity contribution in [3.8, 4) is 11.3 Å². The van der Waals surface area contributed by atoms with Crippen LogP contribution in [0.3, 0.4) is 0 Å². The molecule has 0 saturated carbocycles. The third-order valence-corrected chi connectivity index (χ3v) is 5.09. The lowest BCUT2D eigenvalue weighted by molar-refractivity contribution is -0.142. The van der Waals surface area contributed by atoms with Gasteiger partial charge in [0, 0.05) is 24.7 Å². The molecule has 1 saturated heterocycles. The number of amides is 1. The van der Waals surface area contributed by atoms with Crippen molar-refractivity contribution in [2.24, 2.45) is 0 Å². The number of hydrogen-bond donors (Lipinski definition) is 0. The molecule has 0 aliphatic carbocycles. The second-order valence-electron chi connectivity index (χ2n) is 7.22. The van der Waals surface area contributed by atoms with Gasteiger partial charge in [-0.15, -0.1) is 0 Å². The fourth-order valence-corrected chi connectivity index (χ4v) is 3.63. The minimum atomic E-state index is -4.93. The van der Waals surface area contributed by atoms with Crippen LogP contribution in [0.4, 0.5) is 26.3 Å². The summed E-state index contributed by atoms with van der Waals surface area (Å²) in [5, 5.41) is 3.78. The summed E-state index contributed by atoms with van der Waals surface area (Å²) in [6.45, 7) is 0.937. The average molecular weight is 442 g/mol. The highest BCUT2D eigenvalue weighted by molar-refractivity contribution is 5.93. The number of aromatic nitrogens is 3.